The first-order valence-electron chi connectivity index (χ1n) is 5.51. The molecule has 0 atom stereocenters. The lowest BCUT2D eigenvalue weighted by Gasteiger charge is -2.14. The highest BCUT2D eigenvalue weighted by molar-refractivity contribution is 5.74. The van der Waals surface area contributed by atoms with Gasteiger partial charge in [0.2, 0.25) is 0 Å². The van der Waals surface area contributed by atoms with Crippen LogP contribution in [0.15, 0.2) is 30.3 Å². The van der Waals surface area contributed by atoms with Crippen molar-refractivity contribution < 1.29 is 9.90 Å². The highest BCUT2D eigenvalue weighted by atomic mass is 16.3. The lowest BCUT2D eigenvalue weighted by Crippen LogP contribution is -2.09. The third-order valence-corrected chi connectivity index (χ3v) is 2.51. The topological polar surface area (TPSA) is 37.3 Å². The van der Waals surface area contributed by atoms with Crippen LogP contribution in [-0.2, 0) is 0 Å². The Morgan fingerprint density at radius 1 is 1.07 bits per heavy atom. The minimum Gasteiger partial charge on any atom is -0.393 e. The number of rotatable bonds is 1. The van der Waals surface area contributed by atoms with E-state index in [9.17, 15) is 4.79 Å². The highest BCUT2D eigenvalue weighted by Gasteiger charge is 2.07. The first kappa shape index (κ1) is 11.9. The molecule has 0 bridgehead atoms. The summed E-state index contributed by atoms with van der Waals surface area (Å²) in [5.41, 5.74) is 0.729. The molecule has 0 spiro atoms. The fourth-order valence-corrected chi connectivity index (χ4v) is 1.61. The average molecular weight is 206 g/mol. The number of aliphatic hydroxyl groups excluding tert-OH is 1. The van der Waals surface area contributed by atoms with Gasteiger partial charge in [0.05, 0.1) is 6.10 Å². The quantitative estimate of drug-likeness (QED) is 0.717. The summed E-state index contributed by atoms with van der Waals surface area (Å²) in [6.07, 6.45) is 6.76. The Bertz CT molecular complexity index is 263. The van der Waals surface area contributed by atoms with E-state index in [0.29, 0.717) is 0 Å². The molecule has 1 aliphatic rings. The lowest BCUT2D eigenvalue weighted by molar-refractivity contribution is 0.112. The van der Waals surface area contributed by atoms with Gasteiger partial charge in [-0.15, -0.1) is 0 Å². The van der Waals surface area contributed by atoms with Crippen LogP contribution in [0, 0.1) is 0 Å². The molecule has 15 heavy (non-hydrogen) atoms. The van der Waals surface area contributed by atoms with Crippen molar-refractivity contribution in [3.8, 4) is 0 Å². The van der Waals surface area contributed by atoms with E-state index in [-0.39, 0.29) is 6.10 Å². The molecule has 2 nitrogen and oxygen atoms in total. The summed E-state index contributed by atoms with van der Waals surface area (Å²) < 4.78 is 0. The SMILES string of the molecule is O=Cc1ccccc1.OC1CCCCC1. The minimum atomic E-state index is 0.0359. The molecule has 0 heterocycles. The maximum Gasteiger partial charge on any atom is 0.150 e. The van der Waals surface area contributed by atoms with E-state index in [1.165, 1.54) is 19.3 Å². The number of aldehydes is 1. The van der Waals surface area contributed by atoms with Gasteiger partial charge < -0.3 is 5.11 Å². The predicted molar refractivity (Wildman–Crippen MR) is 60.9 cm³/mol. The summed E-state index contributed by atoms with van der Waals surface area (Å²) in [4.78, 5) is 10.0. The second kappa shape index (κ2) is 7.18. The number of benzene rings is 1. The zero-order valence-electron chi connectivity index (χ0n) is 8.93. The van der Waals surface area contributed by atoms with E-state index in [1.807, 2.05) is 18.2 Å². The van der Waals surface area contributed by atoms with Gasteiger partial charge >= 0.3 is 0 Å². The molecule has 1 saturated carbocycles. The molecule has 1 N–H and O–H groups in total. The molecule has 0 aromatic heterocycles. The van der Waals surface area contributed by atoms with Crippen molar-refractivity contribution >= 4 is 6.29 Å². The van der Waals surface area contributed by atoms with E-state index in [4.69, 9.17) is 5.11 Å². The Labute approximate surface area is 90.9 Å². The molecule has 0 radical (unpaired) electrons. The summed E-state index contributed by atoms with van der Waals surface area (Å²) in [5, 5.41) is 8.91. The zero-order valence-corrected chi connectivity index (χ0v) is 8.93. The van der Waals surface area contributed by atoms with Crippen LogP contribution in [0.25, 0.3) is 0 Å². The molecule has 1 aromatic rings. The number of hydrogen-bond acceptors (Lipinski definition) is 2. The van der Waals surface area contributed by atoms with Gasteiger partial charge in [0.15, 0.2) is 0 Å². The van der Waals surface area contributed by atoms with Crippen LogP contribution in [0.3, 0.4) is 0 Å². The number of carbonyl (C=O) groups excluding carboxylic acids is 1. The molecule has 1 aliphatic carbocycles. The summed E-state index contributed by atoms with van der Waals surface area (Å²) in [6, 6.07) is 9.10. The van der Waals surface area contributed by atoms with E-state index in [0.717, 1.165) is 24.7 Å². The smallest absolute Gasteiger partial charge is 0.150 e. The van der Waals surface area contributed by atoms with Gasteiger partial charge in [0, 0.05) is 5.56 Å². The van der Waals surface area contributed by atoms with Gasteiger partial charge in [0.1, 0.15) is 6.29 Å². The molecule has 1 fully saturated rings. The van der Waals surface area contributed by atoms with Crippen molar-refractivity contribution in [1.82, 2.24) is 0 Å². The molecule has 82 valence electrons. The van der Waals surface area contributed by atoms with Crippen molar-refractivity contribution in [2.24, 2.45) is 0 Å². The monoisotopic (exact) mass is 206 g/mol. The van der Waals surface area contributed by atoms with Crippen LogP contribution >= 0.6 is 0 Å². The number of aliphatic hydroxyl groups is 1. The fraction of sp³-hybridized carbons (Fsp3) is 0.462. The molecule has 0 aliphatic heterocycles. The van der Waals surface area contributed by atoms with Gasteiger partial charge in [-0.05, 0) is 12.8 Å². The van der Waals surface area contributed by atoms with Crippen LogP contribution in [0.5, 0.6) is 0 Å². The lowest BCUT2D eigenvalue weighted by atomic mass is 9.98. The standard InChI is InChI=1S/C7H6O.C6H12O/c8-6-7-4-2-1-3-5-7;7-6-4-2-1-3-5-6/h1-6H;6-7H,1-5H2. The van der Waals surface area contributed by atoms with Crippen molar-refractivity contribution in [3.63, 3.8) is 0 Å². The summed E-state index contributed by atoms with van der Waals surface area (Å²) in [6.45, 7) is 0. The van der Waals surface area contributed by atoms with E-state index < -0.39 is 0 Å². The molecule has 2 rings (SSSR count). The maximum absolute atomic E-state index is 10.0. The van der Waals surface area contributed by atoms with Crippen LogP contribution in [-0.4, -0.2) is 17.5 Å². The number of carbonyl (C=O) groups is 1. The molecule has 2 heteroatoms. The van der Waals surface area contributed by atoms with Crippen LogP contribution in [0.4, 0.5) is 0 Å². The predicted octanol–water partition coefficient (Wildman–Crippen LogP) is 2.81. The van der Waals surface area contributed by atoms with E-state index in [2.05, 4.69) is 0 Å². The Morgan fingerprint density at radius 2 is 1.67 bits per heavy atom. The highest BCUT2D eigenvalue weighted by Crippen LogP contribution is 2.16. The largest absolute Gasteiger partial charge is 0.393 e. The maximum atomic E-state index is 10.0. The number of hydrogen-bond donors (Lipinski definition) is 1. The van der Waals surface area contributed by atoms with Crippen LogP contribution < -0.4 is 0 Å². The first-order chi connectivity index (χ1) is 7.33. The van der Waals surface area contributed by atoms with E-state index in [1.54, 1.807) is 12.1 Å². The Morgan fingerprint density at radius 3 is 2.00 bits per heavy atom. The summed E-state index contributed by atoms with van der Waals surface area (Å²) >= 11 is 0. The molecule has 0 amide bonds. The Kier molecular flexibility index (Phi) is 5.71. The average Bonchev–Trinajstić information content (AvgIpc) is 2.32. The fourth-order valence-electron chi connectivity index (χ4n) is 1.61. The Hall–Kier alpha value is -1.15. The van der Waals surface area contributed by atoms with Gasteiger partial charge in [-0.3, -0.25) is 4.79 Å². The third kappa shape index (κ3) is 5.33. The van der Waals surface area contributed by atoms with Crippen LogP contribution in [0.2, 0.25) is 0 Å². The normalized spacial score (nSPS) is 16.3. The van der Waals surface area contributed by atoms with Crippen LogP contribution in [0.1, 0.15) is 42.5 Å². The molecule has 0 saturated heterocycles. The van der Waals surface area contributed by atoms with Crippen molar-refractivity contribution in [2.45, 2.75) is 38.2 Å². The van der Waals surface area contributed by atoms with Gasteiger partial charge in [-0.2, -0.15) is 0 Å². The second-order valence-corrected chi connectivity index (χ2v) is 3.82. The Balaban J connectivity index is 0.000000151. The third-order valence-electron chi connectivity index (χ3n) is 2.51. The second-order valence-electron chi connectivity index (χ2n) is 3.82. The molecule has 1 aromatic carbocycles. The summed E-state index contributed by atoms with van der Waals surface area (Å²) in [5.74, 6) is 0. The molecule has 0 unspecified atom stereocenters. The van der Waals surface area contributed by atoms with Crippen molar-refractivity contribution in [3.05, 3.63) is 35.9 Å². The summed E-state index contributed by atoms with van der Waals surface area (Å²) in [7, 11) is 0. The van der Waals surface area contributed by atoms with Gasteiger partial charge in [0.25, 0.3) is 0 Å². The van der Waals surface area contributed by atoms with E-state index >= 15 is 0 Å². The molecular formula is C13H18O2. The molecular weight excluding hydrogens is 188 g/mol. The first-order valence-corrected chi connectivity index (χ1v) is 5.51. The minimum absolute atomic E-state index is 0.0359. The van der Waals surface area contributed by atoms with Crippen molar-refractivity contribution in [1.29, 1.82) is 0 Å². The van der Waals surface area contributed by atoms with Gasteiger partial charge in [-0.25, -0.2) is 0 Å². The van der Waals surface area contributed by atoms with Crippen molar-refractivity contribution in [2.75, 3.05) is 0 Å². The zero-order chi connectivity index (χ0) is 10.9. The van der Waals surface area contributed by atoms with Gasteiger partial charge in [-0.1, -0.05) is 49.6 Å².